The summed E-state index contributed by atoms with van der Waals surface area (Å²) < 4.78 is 1.35. The Morgan fingerprint density at radius 2 is 1.55 bits per heavy atom. The molecule has 0 radical (unpaired) electrons. The predicted molar refractivity (Wildman–Crippen MR) is 82.1 cm³/mol. The number of carbonyl (C=O) groups is 1. The molecule has 0 bridgehead atoms. The van der Waals surface area contributed by atoms with Crippen LogP contribution in [0.5, 0.6) is 23.0 Å². The Bertz CT molecular complexity index is 651. The van der Waals surface area contributed by atoms with Gasteiger partial charge in [0.1, 0.15) is 0 Å². The summed E-state index contributed by atoms with van der Waals surface area (Å²) in [6.45, 7) is 0. The molecular weight excluding hydrogens is 377 g/mol. The van der Waals surface area contributed by atoms with E-state index in [0.717, 1.165) is 12.1 Å². The summed E-state index contributed by atoms with van der Waals surface area (Å²) in [5.41, 5.74) is 5.70. The summed E-state index contributed by atoms with van der Waals surface area (Å²) in [6, 6.07) is 6.45. The van der Waals surface area contributed by atoms with Gasteiger partial charge >= 0.3 is 121 Å². The summed E-state index contributed by atoms with van der Waals surface area (Å²) in [5.74, 6) is -1.08. The van der Waals surface area contributed by atoms with Crippen molar-refractivity contribution in [1.82, 2.24) is 0 Å². The second kappa shape index (κ2) is 5.45. The molecule has 0 atom stereocenters. The number of hydrogen-bond acceptors (Lipinski definition) is 6. The zero-order valence-corrected chi connectivity index (χ0v) is 12.3. The van der Waals surface area contributed by atoms with Gasteiger partial charge < -0.3 is 0 Å². The molecule has 0 aliphatic heterocycles. The number of nitrogen functional groups attached to an aromatic ring is 1. The normalized spacial score (nSPS) is 11.1. The van der Waals surface area contributed by atoms with Crippen molar-refractivity contribution in [2.24, 2.45) is 0 Å². The van der Waals surface area contributed by atoms with Crippen molar-refractivity contribution in [3.63, 3.8) is 0 Å². The number of nitrogens with two attached hydrogens (primary N) is 1. The van der Waals surface area contributed by atoms with Crippen LogP contribution in [-0.2, 0) is 4.79 Å². The fourth-order valence-corrected chi connectivity index (χ4v) is 5.56. The fraction of sp³-hybridized carbons (Fsp3) is 0. The van der Waals surface area contributed by atoms with E-state index in [9.17, 15) is 25.2 Å². The minimum absolute atomic E-state index is 0.102. The maximum absolute atomic E-state index is 11.4. The number of benzene rings is 2. The summed E-state index contributed by atoms with van der Waals surface area (Å²) in [5, 5.41) is 38.3. The molecule has 0 saturated carbocycles. The van der Waals surface area contributed by atoms with Gasteiger partial charge in [-0.25, -0.2) is 0 Å². The Balaban J connectivity index is 2.58. The van der Waals surface area contributed by atoms with Crippen molar-refractivity contribution in [3.05, 3.63) is 37.5 Å². The van der Waals surface area contributed by atoms with Crippen LogP contribution in [0.3, 0.4) is 0 Å². The van der Waals surface area contributed by atoms with E-state index in [1.807, 2.05) is 0 Å². The van der Waals surface area contributed by atoms with E-state index >= 15 is 0 Å². The fourth-order valence-electron chi connectivity index (χ4n) is 1.65. The molecule has 0 fully saturated rings. The number of carbonyl (C=O) groups excluding carboxylic acids is 1. The van der Waals surface area contributed by atoms with Gasteiger partial charge in [0.15, 0.2) is 0 Å². The molecule has 0 aliphatic carbocycles. The van der Waals surface area contributed by atoms with Crippen LogP contribution in [0.4, 0.5) is 5.69 Å². The van der Waals surface area contributed by atoms with Crippen LogP contribution in [0.25, 0.3) is 0 Å². The van der Waals surface area contributed by atoms with E-state index in [1.165, 1.54) is 18.2 Å². The molecule has 6 nitrogen and oxygen atoms in total. The average molecular weight is 389 g/mol. The third-order valence-corrected chi connectivity index (χ3v) is 7.33. The van der Waals surface area contributed by atoms with Gasteiger partial charge in [-0.3, -0.25) is 0 Å². The Labute approximate surface area is 121 Å². The third kappa shape index (κ3) is 2.57. The second-order valence-corrected chi connectivity index (χ2v) is 8.52. The van der Waals surface area contributed by atoms with Crippen molar-refractivity contribution >= 4 is 29.8 Å². The third-order valence-electron chi connectivity index (χ3n) is 2.54. The first-order chi connectivity index (χ1) is 9.43. The molecule has 0 saturated heterocycles. The molecule has 2 aromatic carbocycles. The van der Waals surface area contributed by atoms with Gasteiger partial charge in [-0.05, 0) is 0 Å². The minimum atomic E-state index is -2.76. The van der Waals surface area contributed by atoms with Crippen molar-refractivity contribution in [2.45, 2.75) is 0 Å². The average Bonchev–Trinajstić information content (AvgIpc) is 2.37. The number of phenolic OH excluding ortho intramolecular Hbond substituents is 4. The van der Waals surface area contributed by atoms with Crippen molar-refractivity contribution in [1.29, 1.82) is 0 Å². The summed E-state index contributed by atoms with van der Waals surface area (Å²) in [4.78, 5) is 11.4. The summed E-state index contributed by atoms with van der Waals surface area (Å²) in [6.07, 6.45) is 0. The Kier molecular flexibility index (Phi) is 3.89. The molecule has 0 aliphatic rings. The predicted octanol–water partition coefficient (Wildman–Crippen LogP) is 1.83. The van der Waals surface area contributed by atoms with Crippen molar-refractivity contribution in [3.8, 4) is 23.0 Å². The van der Waals surface area contributed by atoms with E-state index in [4.69, 9.17) is 5.73 Å². The molecule has 7 heteroatoms. The maximum atomic E-state index is 11.4. The first-order valence-corrected chi connectivity index (χ1v) is 8.81. The summed E-state index contributed by atoms with van der Waals surface area (Å²) >= 11 is -2.76. The first kappa shape index (κ1) is 14.3. The molecule has 0 unspecified atom stereocenters. The zero-order valence-electron chi connectivity index (χ0n) is 10.1. The van der Waals surface area contributed by atoms with Crippen LogP contribution in [0.1, 0.15) is 0 Å². The first-order valence-electron chi connectivity index (χ1n) is 5.41. The molecule has 0 aromatic heterocycles. The SMILES string of the molecule is Nc1cc(I(C=O)c2c(O)cc(O)cc2O)ccc1O. The van der Waals surface area contributed by atoms with Gasteiger partial charge in [-0.2, -0.15) is 0 Å². The van der Waals surface area contributed by atoms with Gasteiger partial charge in [-0.15, -0.1) is 0 Å². The molecule has 20 heavy (non-hydrogen) atoms. The number of hydrogen-bond donors (Lipinski definition) is 5. The zero-order chi connectivity index (χ0) is 14.9. The van der Waals surface area contributed by atoms with E-state index in [0.29, 0.717) is 7.86 Å². The van der Waals surface area contributed by atoms with E-state index in [2.05, 4.69) is 0 Å². The molecular formula is C13H12INO5. The van der Waals surface area contributed by atoms with Gasteiger partial charge in [0.05, 0.1) is 0 Å². The Hall–Kier alpha value is -2.16. The second-order valence-electron chi connectivity index (χ2n) is 3.90. The van der Waals surface area contributed by atoms with Crippen LogP contribution in [0, 0.1) is 7.14 Å². The van der Waals surface area contributed by atoms with E-state index < -0.39 is 19.8 Å². The number of phenols is 4. The van der Waals surface area contributed by atoms with Gasteiger partial charge in [0, 0.05) is 0 Å². The standard InChI is InChI=1S/C13H12INO5/c15-9-3-7(1-2-10(9)18)14(6-16)13-11(19)4-8(17)5-12(13)20/h1-6,17-20H,15H2. The van der Waals surface area contributed by atoms with Crippen LogP contribution in [-0.4, -0.2) is 24.7 Å². The van der Waals surface area contributed by atoms with Gasteiger partial charge in [-0.1, -0.05) is 0 Å². The quantitative estimate of drug-likeness (QED) is 0.179. The topological polar surface area (TPSA) is 124 Å². The van der Waals surface area contributed by atoms with E-state index in [1.54, 1.807) is 0 Å². The van der Waals surface area contributed by atoms with Crippen molar-refractivity contribution in [2.75, 3.05) is 5.73 Å². The van der Waals surface area contributed by atoms with Gasteiger partial charge in [0.2, 0.25) is 0 Å². The number of rotatable bonds is 3. The molecule has 106 valence electrons. The van der Waals surface area contributed by atoms with Crippen LogP contribution in [0.15, 0.2) is 30.3 Å². The Morgan fingerprint density at radius 3 is 2.05 bits per heavy atom. The van der Waals surface area contributed by atoms with Crippen LogP contribution >= 0.6 is 19.8 Å². The number of halogens is 1. The van der Waals surface area contributed by atoms with Crippen LogP contribution < -0.4 is 5.73 Å². The Morgan fingerprint density at radius 1 is 0.950 bits per heavy atom. The van der Waals surface area contributed by atoms with E-state index in [-0.39, 0.29) is 32.3 Å². The molecule has 2 rings (SSSR count). The molecule has 0 spiro atoms. The molecule has 2 aromatic rings. The molecule has 0 amide bonds. The number of anilines is 1. The molecule has 0 heterocycles. The molecule has 6 N–H and O–H groups in total. The van der Waals surface area contributed by atoms with Gasteiger partial charge in [0.25, 0.3) is 0 Å². The monoisotopic (exact) mass is 389 g/mol. The van der Waals surface area contributed by atoms with Crippen LogP contribution in [0.2, 0.25) is 0 Å². The number of aromatic hydroxyl groups is 4. The summed E-state index contributed by atoms with van der Waals surface area (Å²) in [7, 11) is 0. The van der Waals surface area contributed by atoms with Crippen molar-refractivity contribution < 1.29 is 25.2 Å².